The van der Waals surface area contributed by atoms with E-state index in [0.29, 0.717) is 13.0 Å². The Hall–Kier alpha value is -0.920. The van der Waals surface area contributed by atoms with Crippen LogP contribution in [0.25, 0.3) is 0 Å². The highest BCUT2D eigenvalue weighted by atomic mass is 32.2. The topological polar surface area (TPSA) is 90.0 Å². The molecule has 0 aromatic carbocycles. The van der Waals surface area contributed by atoms with E-state index in [1.165, 1.54) is 0 Å². The molecule has 1 aromatic rings. The highest BCUT2D eigenvalue weighted by Gasteiger charge is 2.08. The molecule has 1 heterocycles. The van der Waals surface area contributed by atoms with E-state index in [-0.39, 0.29) is 12.3 Å². The van der Waals surface area contributed by atoms with Crippen LogP contribution in [0.4, 0.5) is 0 Å². The van der Waals surface area contributed by atoms with Gasteiger partial charge in [0.1, 0.15) is 5.82 Å². The summed E-state index contributed by atoms with van der Waals surface area (Å²) in [6, 6.07) is 0. The Labute approximate surface area is 89.5 Å². The second-order valence-electron chi connectivity index (χ2n) is 3.21. The Morgan fingerprint density at radius 1 is 1.60 bits per heavy atom. The van der Waals surface area contributed by atoms with Crippen LogP contribution in [0.5, 0.6) is 0 Å². The third kappa shape index (κ3) is 3.98. The SMILES string of the molecule is Cn1ccnc1CCNS(=O)(=O)CCN. The van der Waals surface area contributed by atoms with E-state index in [9.17, 15) is 8.42 Å². The number of aryl methyl sites for hydroxylation is 1. The van der Waals surface area contributed by atoms with E-state index in [2.05, 4.69) is 9.71 Å². The second-order valence-corrected chi connectivity index (χ2v) is 5.13. The molecule has 1 aromatic heterocycles. The number of rotatable bonds is 6. The fourth-order valence-corrected chi connectivity index (χ4v) is 2.05. The highest BCUT2D eigenvalue weighted by Crippen LogP contribution is 1.94. The Bertz CT molecular complexity index is 399. The quantitative estimate of drug-likeness (QED) is 0.647. The zero-order chi connectivity index (χ0) is 11.3. The van der Waals surface area contributed by atoms with E-state index < -0.39 is 10.0 Å². The molecule has 0 saturated heterocycles. The van der Waals surface area contributed by atoms with Crippen LogP contribution in [0.3, 0.4) is 0 Å². The van der Waals surface area contributed by atoms with Crippen molar-refractivity contribution in [3.63, 3.8) is 0 Å². The predicted molar refractivity (Wildman–Crippen MR) is 57.8 cm³/mol. The molecular weight excluding hydrogens is 216 g/mol. The lowest BCUT2D eigenvalue weighted by Gasteiger charge is -2.05. The second kappa shape index (κ2) is 5.24. The van der Waals surface area contributed by atoms with Crippen molar-refractivity contribution in [1.82, 2.24) is 14.3 Å². The molecule has 0 saturated carbocycles. The van der Waals surface area contributed by atoms with Crippen LogP contribution >= 0.6 is 0 Å². The summed E-state index contributed by atoms with van der Waals surface area (Å²) in [7, 11) is -1.34. The van der Waals surface area contributed by atoms with Gasteiger partial charge in [0.05, 0.1) is 5.75 Å². The van der Waals surface area contributed by atoms with Crippen LogP contribution in [-0.4, -0.2) is 36.8 Å². The molecule has 1 rings (SSSR count). The van der Waals surface area contributed by atoms with Crippen molar-refractivity contribution >= 4 is 10.0 Å². The predicted octanol–water partition coefficient (Wildman–Crippen LogP) is -1.16. The lowest BCUT2D eigenvalue weighted by Crippen LogP contribution is -2.31. The summed E-state index contributed by atoms with van der Waals surface area (Å²) in [6.45, 7) is 0.491. The van der Waals surface area contributed by atoms with E-state index in [4.69, 9.17) is 5.73 Å². The molecule has 0 fully saturated rings. The number of imidazole rings is 1. The summed E-state index contributed by atoms with van der Waals surface area (Å²) in [5.41, 5.74) is 5.17. The highest BCUT2D eigenvalue weighted by molar-refractivity contribution is 7.89. The van der Waals surface area contributed by atoms with Crippen molar-refractivity contribution in [2.45, 2.75) is 6.42 Å². The number of nitrogens with one attached hydrogen (secondary N) is 1. The van der Waals surface area contributed by atoms with Gasteiger partial charge in [0.15, 0.2) is 0 Å². The van der Waals surface area contributed by atoms with Crippen molar-refractivity contribution in [3.8, 4) is 0 Å². The zero-order valence-electron chi connectivity index (χ0n) is 8.68. The van der Waals surface area contributed by atoms with Crippen LogP contribution in [-0.2, 0) is 23.5 Å². The zero-order valence-corrected chi connectivity index (χ0v) is 9.50. The normalized spacial score (nSPS) is 11.9. The van der Waals surface area contributed by atoms with E-state index in [1.54, 1.807) is 6.20 Å². The maximum absolute atomic E-state index is 11.2. The smallest absolute Gasteiger partial charge is 0.212 e. The minimum Gasteiger partial charge on any atom is -0.338 e. The monoisotopic (exact) mass is 232 g/mol. The fraction of sp³-hybridized carbons (Fsp3) is 0.625. The van der Waals surface area contributed by atoms with Crippen molar-refractivity contribution in [2.24, 2.45) is 12.8 Å². The number of sulfonamides is 1. The van der Waals surface area contributed by atoms with Crippen LogP contribution in [0.15, 0.2) is 12.4 Å². The Balaban J connectivity index is 2.37. The molecule has 0 spiro atoms. The third-order valence-electron chi connectivity index (χ3n) is 1.98. The maximum atomic E-state index is 11.2. The van der Waals surface area contributed by atoms with Gasteiger partial charge in [-0.15, -0.1) is 0 Å². The first-order chi connectivity index (χ1) is 7.05. The molecule has 7 heteroatoms. The Morgan fingerprint density at radius 2 is 2.33 bits per heavy atom. The average Bonchev–Trinajstić information content (AvgIpc) is 2.51. The number of hydrogen-bond donors (Lipinski definition) is 2. The van der Waals surface area contributed by atoms with Gasteiger partial charge in [-0.3, -0.25) is 0 Å². The van der Waals surface area contributed by atoms with Crippen LogP contribution in [0.2, 0.25) is 0 Å². The van der Waals surface area contributed by atoms with Gasteiger partial charge in [0, 0.05) is 39.0 Å². The van der Waals surface area contributed by atoms with Crippen molar-refractivity contribution in [1.29, 1.82) is 0 Å². The van der Waals surface area contributed by atoms with Crippen molar-refractivity contribution in [2.75, 3.05) is 18.8 Å². The molecule has 0 aliphatic carbocycles. The minimum absolute atomic E-state index is 0.0342. The third-order valence-corrected chi connectivity index (χ3v) is 3.40. The largest absolute Gasteiger partial charge is 0.338 e. The lowest BCUT2D eigenvalue weighted by atomic mass is 10.4. The molecular formula is C8H16N4O2S. The van der Waals surface area contributed by atoms with E-state index in [0.717, 1.165) is 5.82 Å². The molecule has 0 atom stereocenters. The van der Waals surface area contributed by atoms with Crippen LogP contribution < -0.4 is 10.5 Å². The van der Waals surface area contributed by atoms with Gasteiger partial charge in [0.25, 0.3) is 0 Å². The summed E-state index contributed by atoms with van der Waals surface area (Å²) < 4.78 is 26.8. The van der Waals surface area contributed by atoms with Crippen LogP contribution in [0, 0.1) is 0 Å². The summed E-state index contributed by atoms with van der Waals surface area (Å²) in [6.07, 6.45) is 4.08. The molecule has 0 unspecified atom stereocenters. The number of aromatic nitrogens is 2. The summed E-state index contributed by atoms with van der Waals surface area (Å²) >= 11 is 0. The van der Waals surface area contributed by atoms with Gasteiger partial charge in [-0.1, -0.05) is 0 Å². The fourth-order valence-electron chi connectivity index (χ4n) is 1.18. The molecule has 0 bridgehead atoms. The van der Waals surface area contributed by atoms with Crippen molar-refractivity contribution < 1.29 is 8.42 Å². The molecule has 6 nitrogen and oxygen atoms in total. The number of nitrogens with two attached hydrogens (primary N) is 1. The number of hydrogen-bond acceptors (Lipinski definition) is 4. The van der Waals surface area contributed by atoms with E-state index >= 15 is 0 Å². The first kappa shape index (κ1) is 12.2. The molecule has 0 aliphatic rings. The summed E-state index contributed by atoms with van der Waals surface area (Å²) in [5.74, 6) is 0.818. The van der Waals surface area contributed by atoms with Gasteiger partial charge >= 0.3 is 0 Å². The van der Waals surface area contributed by atoms with Crippen molar-refractivity contribution in [3.05, 3.63) is 18.2 Å². The van der Waals surface area contributed by atoms with Gasteiger partial charge in [-0.2, -0.15) is 0 Å². The molecule has 0 aliphatic heterocycles. The first-order valence-corrected chi connectivity index (χ1v) is 6.34. The average molecular weight is 232 g/mol. The number of nitrogens with zero attached hydrogens (tertiary/aromatic N) is 2. The first-order valence-electron chi connectivity index (χ1n) is 4.69. The Morgan fingerprint density at radius 3 is 2.87 bits per heavy atom. The summed E-state index contributed by atoms with van der Waals surface area (Å²) in [5, 5.41) is 0. The standard InChI is InChI=1S/C8H16N4O2S/c1-12-6-5-10-8(12)2-4-11-15(13,14)7-3-9/h5-6,11H,2-4,7,9H2,1H3. The molecule has 0 radical (unpaired) electrons. The van der Waals surface area contributed by atoms with Crippen LogP contribution in [0.1, 0.15) is 5.82 Å². The van der Waals surface area contributed by atoms with E-state index in [1.807, 2.05) is 17.8 Å². The molecule has 0 amide bonds. The Kier molecular flexibility index (Phi) is 4.25. The molecule has 86 valence electrons. The van der Waals surface area contributed by atoms with Gasteiger partial charge in [-0.25, -0.2) is 18.1 Å². The van der Waals surface area contributed by atoms with Gasteiger partial charge < -0.3 is 10.3 Å². The lowest BCUT2D eigenvalue weighted by molar-refractivity contribution is 0.580. The van der Waals surface area contributed by atoms with Gasteiger partial charge in [0.2, 0.25) is 10.0 Å². The van der Waals surface area contributed by atoms with Gasteiger partial charge in [-0.05, 0) is 0 Å². The molecule has 15 heavy (non-hydrogen) atoms. The summed E-state index contributed by atoms with van der Waals surface area (Å²) in [4.78, 5) is 4.08. The molecule has 3 N–H and O–H groups in total. The maximum Gasteiger partial charge on any atom is 0.212 e. The minimum atomic E-state index is -3.21.